The van der Waals surface area contributed by atoms with E-state index in [9.17, 15) is 0 Å². The Bertz CT molecular complexity index is 575. The van der Waals surface area contributed by atoms with E-state index in [0.717, 1.165) is 31.7 Å². The zero-order valence-corrected chi connectivity index (χ0v) is 12.0. The number of hydrogen-bond donors (Lipinski definition) is 1. The van der Waals surface area contributed by atoms with Gasteiger partial charge in [-0.15, -0.1) is 0 Å². The molecule has 1 aromatic heterocycles. The molecule has 1 aromatic carbocycles. The van der Waals surface area contributed by atoms with E-state index in [1.165, 1.54) is 17.5 Å². The largest absolute Gasteiger partial charge is 0.327 e. The van der Waals surface area contributed by atoms with E-state index in [4.69, 9.17) is 5.73 Å². The molecule has 2 aromatic rings. The summed E-state index contributed by atoms with van der Waals surface area (Å²) in [5, 5.41) is 4.49. The summed E-state index contributed by atoms with van der Waals surface area (Å²) in [7, 11) is 0. The molecule has 0 spiro atoms. The highest BCUT2D eigenvalue weighted by molar-refractivity contribution is 5.39. The van der Waals surface area contributed by atoms with Crippen LogP contribution in [-0.4, -0.2) is 33.8 Å². The SMILES string of the molecule is Cc1ccccc1-n1cc(CN2CCCC(N)C2)cn1. The second-order valence-corrected chi connectivity index (χ2v) is 5.72. The van der Waals surface area contributed by atoms with Gasteiger partial charge >= 0.3 is 0 Å². The van der Waals surface area contributed by atoms with Gasteiger partial charge in [-0.3, -0.25) is 4.90 Å². The van der Waals surface area contributed by atoms with Crippen LogP contribution < -0.4 is 5.73 Å². The first-order valence-electron chi connectivity index (χ1n) is 7.30. The maximum atomic E-state index is 6.03. The topological polar surface area (TPSA) is 47.1 Å². The van der Waals surface area contributed by atoms with E-state index in [1.807, 2.05) is 16.9 Å². The number of rotatable bonds is 3. The number of nitrogens with two attached hydrogens (primary N) is 1. The van der Waals surface area contributed by atoms with Crippen molar-refractivity contribution >= 4 is 0 Å². The Morgan fingerprint density at radius 3 is 3.00 bits per heavy atom. The molecule has 0 aliphatic carbocycles. The number of benzene rings is 1. The average molecular weight is 270 g/mol. The molecule has 1 aliphatic rings. The molecule has 0 radical (unpaired) electrons. The summed E-state index contributed by atoms with van der Waals surface area (Å²) in [6, 6.07) is 8.64. The Kier molecular flexibility index (Phi) is 3.85. The number of likely N-dealkylation sites (tertiary alicyclic amines) is 1. The summed E-state index contributed by atoms with van der Waals surface area (Å²) >= 11 is 0. The van der Waals surface area contributed by atoms with Gasteiger partial charge in [0, 0.05) is 30.9 Å². The molecule has 1 aliphatic heterocycles. The van der Waals surface area contributed by atoms with Crippen LogP contribution in [0.2, 0.25) is 0 Å². The van der Waals surface area contributed by atoms with Crippen molar-refractivity contribution in [2.45, 2.75) is 32.4 Å². The van der Waals surface area contributed by atoms with Crippen molar-refractivity contribution < 1.29 is 0 Å². The zero-order valence-electron chi connectivity index (χ0n) is 12.0. The van der Waals surface area contributed by atoms with Crippen LogP contribution >= 0.6 is 0 Å². The van der Waals surface area contributed by atoms with Crippen LogP contribution in [-0.2, 0) is 6.54 Å². The third-order valence-corrected chi connectivity index (χ3v) is 3.95. The van der Waals surface area contributed by atoms with Crippen molar-refractivity contribution in [1.82, 2.24) is 14.7 Å². The molecule has 4 nitrogen and oxygen atoms in total. The van der Waals surface area contributed by atoms with Crippen molar-refractivity contribution in [3.05, 3.63) is 47.8 Å². The van der Waals surface area contributed by atoms with Crippen molar-refractivity contribution in [3.8, 4) is 5.69 Å². The molecule has 2 heterocycles. The summed E-state index contributed by atoms with van der Waals surface area (Å²) in [6.07, 6.45) is 6.45. The molecule has 1 saturated heterocycles. The zero-order chi connectivity index (χ0) is 13.9. The average Bonchev–Trinajstić information content (AvgIpc) is 2.87. The Hall–Kier alpha value is -1.65. The van der Waals surface area contributed by atoms with Gasteiger partial charge in [0.2, 0.25) is 0 Å². The highest BCUT2D eigenvalue weighted by atomic mass is 15.3. The lowest BCUT2D eigenvalue weighted by Crippen LogP contribution is -2.42. The lowest BCUT2D eigenvalue weighted by atomic mass is 10.1. The van der Waals surface area contributed by atoms with E-state index in [-0.39, 0.29) is 0 Å². The van der Waals surface area contributed by atoms with Crippen LogP contribution in [0.15, 0.2) is 36.7 Å². The second kappa shape index (κ2) is 5.77. The standard InChI is InChI=1S/C16H22N4/c1-13-5-2-3-7-16(13)20-11-14(9-18-20)10-19-8-4-6-15(17)12-19/h2-3,5,7,9,11,15H,4,6,8,10,12,17H2,1H3. The van der Waals surface area contributed by atoms with Gasteiger partial charge in [-0.1, -0.05) is 18.2 Å². The summed E-state index contributed by atoms with van der Waals surface area (Å²) in [4.78, 5) is 2.42. The minimum Gasteiger partial charge on any atom is -0.327 e. The van der Waals surface area contributed by atoms with Gasteiger partial charge in [0.05, 0.1) is 11.9 Å². The predicted octanol–water partition coefficient (Wildman–Crippen LogP) is 2.10. The minimum atomic E-state index is 0.329. The van der Waals surface area contributed by atoms with Crippen molar-refractivity contribution in [2.75, 3.05) is 13.1 Å². The van der Waals surface area contributed by atoms with E-state index in [0.29, 0.717) is 6.04 Å². The van der Waals surface area contributed by atoms with Gasteiger partial charge in [0.25, 0.3) is 0 Å². The Labute approximate surface area is 120 Å². The van der Waals surface area contributed by atoms with Crippen LogP contribution in [0.3, 0.4) is 0 Å². The lowest BCUT2D eigenvalue weighted by Gasteiger charge is -2.30. The molecular weight excluding hydrogens is 248 g/mol. The number of para-hydroxylation sites is 1. The van der Waals surface area contributed by atoms with Gasteiger partial charge in [0.15, 0.2) is 0 Å². The van der Waals surface area contributed by atoms with Gasteiger partial charge in [-0.25, -0.2) is 4.68 Å². The third-order valence-electron chi connectivity index (χ3n) is 3.95. The Morgan fingerprint density at radius 2 is 2.20 bits per heavy atom. The fraction of sp³-hybridized carbons (Fsp3) is 0.438. The monoisotopic (exact) mass is 270 g/mol. The van der Waals surface area contributed by atoms with Crippen molar-refractivity contribution in [1.29, 1.82) is 0 Å². The molecule has 3 rings (SSSR count). The third kappa shape index (κ3) is 2.92. The van der Waals surface area contributed by atoms with Crippen molar-refractivity contribution in [2.24, 2.45) is 5.73 Å². The Morgan fingerprint density at radius 1 is 1.35 bits per heavy atom. The van der Waals surface area contributed by atoms with Gasteiger partial charge in [-0.05, 0) is 37.9 Å². The van der Waals surface area contributed by atoms with Crippen LogP contribution in [0, 0.1) is 6.92 Å². The number of hydrogen-bond acceptors (Lipinski definition) is 3. The van der Waals surface area contributed by atoms with Crippen LogP contribution in [0.1, 0.15) is 24.0 Å². The maximum Gasteiger partial charge on any atom is 0.0674 e. The molecular formula is C16H22N4. The fourth-order valence-electron chi connectivity index (χ4n) is 2.89. The maximum absolute atomic E-state index is 6.03. The minimum absolute atomic E-state index is 0.329. The van der Waals surface area contributed by atoms with Gasteiger partial charge in [-0.2, -0.15) is 5.10 Å². The molecule has 0 bridgehead atoms. The molecule has 1 fully saturated rings. The van der Waals surface area contributed by atoms with Crippen LogP contribution in [0.25, 0.3) is 5.69 Å². The van der Waals surface area contributed by atoms with E-state index < -0.39 is 0 Å². The summed E-state index contributed by atoms with van der Waals surface area (Å²) in [6.45, 7) is 5.19. The molecule has 106 valence electrons. The quantitative estimate of drug-likeness (QED) is 0.929. The molecule has 0 saturated carbocycles. The number of aromatic nitrogens is 2. The molecule has 0 amide bonds. The second-order valence-electron chi connectivity index (χ2n) is 5.72. The molecule has 2 N–H and O–H groups in total. The molecule has 20 heavy (non-hydrogen) atoms. The van der Waals surface area contributed by atoms with Gasteiger partial charge in [0.1, 0.15) is 0 Å². The summed E-state index contributed by atoms with van der Waals surface area (Å²) in [5.41, 5.74) is 9.67. The number of piperidine rings is 1. The van der Waals surface area contributed by atoms with Gasteiger partial charge < -0.3 is 5.73 Å². The number of aryl methyl sites for hydroxylation is 1. The first-order valence-corrected chi connectivity index (χ1v) is 7.30. The highest BCUT2D eigenvalue weighted by Gasteiger charge is 2.17. The van der Waals surface area contributed by atoms with E-state index in [1.54, 1.807) is 0 Å². The normalized spacial score (nSPS) is 20.2. The van der Waals surface area contributed by atoms with Crippen molar-refractivity contribution in [3.63, 3.8) is 0 Å². The first-order chi connectivity index (χ1) is 9.72. The smallest absolute Gasteiger partial charge is 0.0674 e. The lowest BCUT2D eigenvalue weighted by molar-refractivity contribution is 0.201. The van der Waals surface area contributed by atoms with E-state index >= 15 is 0 Å². The summed E-state index contributed by atoms with van der Waals surface area (Å²) in [5.74, 6) is 0. The number of nitrogens with zero attached hydrogens (tertiary/aromatic N) is 3. The van der Waals surface area contributed by atoms with Crippen LogP contribution in [0.5, 0.6) is 0 Å². The molecule has 4 heteroatoms. The summed E-state index contributed by atoms with van der Waals surface area (Å²) < 4.78 is 1.97. The van der Waals surface area contributed by atoms with Crippen LogP contribution in [0.4, 0.5) is 0 Å². The molecule has 1 atom stereocenters. The fourth-order valence-corrected chi connectivity index (χ4v) is 2.89. The first kappa shape index (κ1) is 13.3. The molecule has 1 unspecified atom stereocenters. The highest BCUT2D eigenvalue weighted by Crippen LogP contribution is 2.16. The Balaban J connectivity index is 1.72. The predicted molar refractivity (Wildman–Crippen MR) is 80.8 cm³/mol. The van der Waals surface area contributed by atoms with E-state index in [2.05, 4.69) is 41.3 Å².